The zero-order valence-corrected chi connectivity index (χ0v) is 12.6. The molecule has 2 atom stereocenters. The van der Waals surface area contributed by atoms with E-state index in [9.17, 15) is 4.79 Å². The number of aryl methyl sites for hydroxylation is 2. The van der Waals surface area contributed by atoms with E-state index in [1.807, 2.05) is 30.7 Å². The number of carbonyl (C=O) groups is 1. The fourth-order valence-corrected chi connectivity index (χ4v) is 3.46. The number of amides is 1. The van der Waals surface area contributed by atoms with Crippen LogP contribution in [-0.2, 0) is 17.8 Å². The molecule has 3 rings (SSSR count). The van der Waals surface area contributed by atoms with E-state index < -0.39 is 0 Å². The fraction of sp³-hybridized carbons (Fsp3) is 0.467. The van der Waals surface area contributed by atoms with Gasteiger partial charge in [-0.15, -0.1) is 0 Å². The third-order valence-electron chi connectivity index (χ3n) is 3.90. The van der Waals surface area contributed by atoms with Gasteiger partial charge < -0.3 is 9.88 Å². The molecular weight excluding hydrogens is 270 g/mol. The molecule has 0 saturated heterocycles. The molecule has 0 aromatic carbocycles. The summed E-state index contributed by atoms with van der Waals surface area (Å²) in [6.07, 6.45) is 3.97. The van der Waals surface area contributed by atoms with Crippen LogP contribution in [0.2, 0.25) is 0 Å². The SMILES string of the molecule is Cc1cn2c(n1)CC[C@H](NC(=O)[C@H](C)c1ccsc1)C2. The van der Waals surface area contributed by atoms with Crippen LogP contribution in [0.25, 0.3) is 0 Å². The topological polar surface area (TPSA) is 46.9 Å². The Hall–Kier alpha value is -1.62. The van der Waals surface area contributed by atoms with Gasteiger partial charge in [-0.3, -0.25) is 4.79 Å². The van der Waals surface area contributed by atoms with Gasteiger partial charge in [0.1, 0.15) is 5.82 Å². The number of rotatable bonds is 3. The number of imidazole rings is 1. The highest BCUT2D eigenvalue weighted by molar-refractivity contribution is 7.08. The largest absolute Gasteiger partial charge is 0.351 e. The summed E-state index contributed by atoms with van der Waals surface area (Å²) >= 11 is 1.63. The molecule has 0 unspecified atom stereocenters. The highest BCUT2D eigenvalue weighted by atomic mass is 32.1. The maximum absolute atomic E-state index is 12.3. The van der Waals surface area contributed by atoms with Gasteiger partial charge in [0.15, 0.2) is 0 Å². The van der Waals surface area contributed by atoms with Crippen molar-refractivity contribution in [2.45, 2.75) is 45.2 Å². The van der Waals surface area contributed by atoms with E-state index in [0.717, 1.165) is 36.5 Å². The van der Waals surface area contributed by atoms with Gasteiger partial charge in [-0.2, -0.15) is 11.3 Å². The highest BCUT2D eigenvalue weighted by Gasteiger charge is 2.23. The summed E-state index contributed by atoms with van der Waals surface area (Å²) in [7, 11) is 0. The third kappa shape index (κ3) is 2.63. The van der Waals surface area contributed by atoms with Crippen LogP contribution in [0.4, 0.5) is 0 Å². The number of hydrogen-bond donors (Lipinski definition) is 1. The number of carbonyl (C=O) groups excluding carboxylic acids is 1. The number of thiophene rings is 1. The Bertz CT molecular complexity index is 603. The van der Waals surface area contributed by atoms with Gasteiger partial charge in [0.05, 0.1) is 11.6 Å². The van der Waals surface area contributed by atoms with Crippen molar-refractivity contribution in [3.05, 3.63) is 40.1 Å². The highest BCUT2D eigenvalue weighted by Crippen LogP contribution is 2.20. The van der Waals surface area contributed by atoms with Gasteiger partial charge in [-0.05, 0) is 42.7 Å². The first kappa shape index (κ1) is 13.4. The van der Waals surface area contributed by atoms with Crippen molar-refractivity contribution < 1.29 is 4.79 Å². The molecule has 0 radical (unpaired) electrons. The first-order chi connectivity index (χ1) is 9.63. The maximum Gasteiger partial charge on any atom is 0.227 e. The number of nitrogens with one attached hydrogen (secondary N) is 1. The Kier molecular flexibility index (Phi) is 3.61. The molecule has 2 aromatic rings. The normalized spacial score (nSPS) is 19.4. The molecule has 0 fully saturated rings. The molecule has 0 aliphatic carbocycles. The van der Waals surface area contributed by atoms with Crippen LogP contribution in [0.3, 0.4) is 0 Å². The van der Waals surface area contributed by atoms with Crippen molar-refractivity contribution in [2.75, 3.05) is 0 Å². The second-order valence-corrected chi connectivity index (χ2v) is 6.25. The lowest BCUT2D eigenvalue weighted by Gasteiger charge is -2.26. The third-order valence-corrected chi connectivity index (χ3v) is 4.60. The molecule has 1 aliphatic heterocycles. The van der Waals surface area contributed by atoms with E-state index in [2.05, 4.69) is 21.1 Å². The molecule has 1 amide bonds. The minimum absolute atomic E-state index is 0.0767. The Labute approximate surface area is 122 Å². The van der Waals surface area contributed by atoms with Gasteiger partial charge in [-0.1, -0.05) is 0 Å². The van der Waals surface area contributed by atoms with Crippen LogP contribution in [0.15, 0.2) is 23.0 Å². The summed E-state index contributed by atoms with van der Waals surface area (Å²) in [5, 5.41) is 7.23. The molecule has 0 spiro atoms. The standard InChI is InChI=1S/C15H19N3OS/c1-10-7-18-8-13(3-4-14(18)16-10)17-15(19)11(2)12-5-6-20-9-12/h5-7,9,11,13H,3-4,8H2,1-2H3,(H,17,19)/t11-,13+/m1/s1. The summed E-state index contributed by atoms with van der Waals surface area (Å²) in [5.41, 5.74) is 2.15. The summed E-state index contributed by atoms with van der Waals surface area (Å²) in [5.74, 6) is 1.18. The van der Waals surface area contributed by atoms with E-state index in [4.69, 9.17) is 0 Å². The van der Waals surface area contributed by atoms with Crippen LogP contribution in [-0.4, -0.2) is 21.5 Å². The molecule has 1 aliphatic rings. The number of nitrogens with zero attached hydrogens (tertiary/aromatic N) is 2. The van der Waals surface area contributed by atoms with E-state index in [-0.39, 0.29) is 17.9 Å². The average molecular weight is 289 g/mol. The van der Waals surface area contributed by atoms with Gasteiger partial charge >= 0.3 is 0 Å². The lowest BCUT2D eigenvalue weighted by Crippen LogP contribution is -2.42. The zero-order chi connectivity index (χ0) is 14.1. The second-order valence-electron chi connectivity index (χ2n) is 5.47. The number of hydrogen-bond acceptors (Lipinski definition) is 3. The Morgan fingerprint density at radius 1 is 1.60 bits per heavy atom. The van der Waals surface area contributed by atoms with Gasteiger partial charge in [0.2, 0.25) is 5.91 Å². The molecule has 0 bridgehead atoms. The van der Waals surface area contributed by atoms with Crippen molar-refractivity contribution in [1.82, 2.24) is 14.9 Å². The second kappa shape index (κ2) is 5.40. The van der Waals surface area contributed by atoms with Gasteiger partial charge in [0.25, 0.3) is 0 Å². The lowest BCUT2D eigenvalue weighted by atomic mass is 10.0. The van der Waals surface area contributed by atoms with E-state index in [0.29, 0.717) is 0 Å². The Balaban J connectivity index is 1.63. The first-order valence-electron chi connectivity index (χ1n) is 6.98. The van der Waals surface area contributed by atoms with E-state index >= 15 is 0 Å². The van der Waals surface area contributed by atoms with Crippen molar-refractivity contribution in [1.29, 1.82) is 0 Å². The molecular formula is C15H19N3OS. The molecule has 5 heteroatoms. The quantitative estimate of drug-likeness (QED) is 0.943. The van der Waals surface area contributed by atoms with E-state index in [1.165, 1.54) is 0 Å². The molecule has 3 heterocycles. The molecule has 2 aromatic heterocycles. The van der Waals surface area contributed by atoms with E-state index in [1.54, 1.807) is 11.3 Å². The van der Waals surface area contributed by atoms with Crippen LogP contribution in [0.1, 0.15) is 36.3 Å². The minimum atomic E-state index is -0.0767. The van der Waals surface area contributed by atoms with Crippen molar-refractivity contribution in [3.63, 3.8) is 0 Å². The summed E-state index contributed by atoms with van der Waals surface area (Å²) in [6, 6.07) is 2.23. The molecule has 20 heavy (non-hydrogen) atoms. The first-order valence-corrected chi connectivity index (χ1v) is 7.93. The number of aromatic nitrogens is 2. The van der Waals surface area contributed by atoms with Crippen molar-refractivity contribution in [2.24, 2.45) is 0 Å². The Morgan fingerprint density at radius 3 is 3.20 bits per heavy atom. The van der Waals surface area contributed by atoms with Crippen molar-refractivity contribution >= 4 is 17.2 Å². The van der Waals surface area contributed by atoms with Gasteiger partial charge in [0, 0.05) is 25.2 Å². The number of fused-ring (bicyclic) bond motifs is 1. The van der Waals surface area contributed by atoms with Crippen molar-refractivity contribution in [3.8, 4) is 0 Å². The van der Waals surface area contributed by atoms with Crippen LogP contribution >= 0.6 is 11.3 Å². The van der Waals surface area contributed by atoms with Crippen LogP contribution in [0.5, 0.6) is 0 Å². The smallest absolute Gasteiger partial charge is 0.227 e. The molecule has 0 saturated carbocycles. The summed E-state index contributed by atoms with van der Waals surface area (Å²) in [6.45, 7) is 4.81. The fourth-order valence-electron chi connectivity index (χ4n) is 2.70. The average Bonchev–Trinajstić information content (AvgIpc) is 3.05. The molecule has 1 N–H and O–H groups in total. The minimum Gasteiger partial charge on any atom is -0.351 e. The lowest BCUT2D eigenvalue weighted by molar-refractivity contribution is -0.123. The monoisotopic (exact) mass is 289 g/mol. The van der Waals surface area contributed by atoms with Gasteiger partial charge in [-0.25, -0.2) is 4.98 Å². The Morgan fingerprint density at radius 2 is 2.45 bits per heavy atom. The maximum atomic E-state index is 12.3. The predicted octanol–water partition coefficient (Wildman–Crippen LogP) is 2.49. The van der Waals surface area contributed by atoms with Crippen LogP contribution in [0, 0.1) is 6.92 Å². The molecule has 106 valence electrons. The van der Waals surface area contributed by atoms with Crippen LogP contribution < -0.4 is 5.32 Å². The predicted molar refractivity (Wildman–Crippen MR) is 79.9 cm³/mol. The zero-order valence-electron chi connectivity index (χ0n) is 11.8. The summed E-state index contributed by atoms with van der Waals surface area (Å²) in [4.78, 5) is 16.8. The molecule has 4 nitrogen and oxygen atoms in total. The summed E-state index contributed by atoms with van der Waals surface area (Å²) < 4.78 is 2.17.